The Balaban J connectivity index is 2.36. The molecule has 1 rings (SSSR count). The third-order valence-electron chi connectivity index (χ3n) is 4.32. The molecule has 1 aliphatic heterocycles. The highest BCUT2D eigenvalue weighted by Crippen LogP contribution is 2.15. The fourth-order valence-electron chi connectivity index (χ4n) is 2.73. The van der Waals surface area contributed by atoms with E-state index in [1.807, 2.05) is 0 Å². The number of carbonyl (C=O) groups excluding carboxylic acids is 1. The van der Waals surface area contributed by atoms with Crippen LogP contribution in [0.2, 0.25) is 0 Å². The standard InChI is InChI=1S/C16H33N3O/c1-3-5-9-19(10-6-4-2)16(20)14-18-11-7-15(13-17)8-12-18/h15H,3-14,17H2,1-2H3. The molecule has 0 aromatic rings. The van der Waals surface area contributed by atoms with Crippen molar-refractivity contribution in [1.29, 1.82) is 0 Å². The molecule has 4 nitrogen and oxygen atoms in total. The Morgan fingerprint density at radius 1 is 1.15 bits per heavy atom. The first-order valence-corrected chi connectivity index (χ1v) is 8.41. The van der Waals surface area contributed by atoms with E-state index in [9.17, 15) is 4.79 Å². The molecule has 118 valence electrons. The molecule has 0 spiro atoms. The lowest BCUT2D eigenvalue weighted by atomic mass is 9.97. The smallest absolute Gasteiger partial charge is 0.236 e. The summed E-state index contributed by atoms with van der Waals surface area (Å²) >= 11 is 0. The number of amides is 1. The summed E-state index contributed by atoms with van der Waals surface area (Å²) in [5.41, 5.74) is 5.71. The lowest BCUT2D eigenvalue weighted by molar-refractivity contribution is -0.133. The molecular formula is C16H33N3O. The van der Waals surface area contributed by atoms with Gasteiger partial charge in [0.1, 0.15) is 0 Å². The maximum atomic E-state index is 12.4. The van der Waals surface area contributed by atoms with E-state index in [0.717, 1.165) is 71.2 Å². The molecule has 0 unspecified atom stereocenters. The molecule has 1 fully saturated rings. The average Bonchev–Trinajstić information content (AvgIpc) is 2.48. The van der Waals surface area contributed by atoms with Gasteiger partial charge in [0.25, 0.3) is 0 Å². The van der Waals surface area contributed by atoms with Gasteiger partial charge in [-0.15, -0.1) is 0 Å². The minimum absolute atomic E-state index is 0.318. The molecule has 2 N–H and O–H groups in total. The van der Waals surface area contributed by atoms with E-state index < -0.39 is 0 Å². The van der Waals surface area contributed by atoms with Crippen molar-refractivity contribution in [2.75, 3.05) is 39.3 Å². The number of likely N-dealkylation sites (tertiary alicyclic amines) is 1. The second kappa shape index (κ2) is 10.2. The van der Waals surface area contributed by atoms with E-state index in [1.54, 1.807) is 0 Å². The summed E-state index contributed by atoms with van der Waals surface area (Å²) in [7, 11) is 0. The van der Waals surface area contributed by atoms with Crippen molar-refractivity contribution in [3.63, 3.8) is 0 Å². The predicted octanol–water partition coefficient (Wildman–Crippen LogP) is 2.09. The fourth-order valence-corrected chi connectivity index (χ4v) is 2.73. The quantitative estimate of drug-likeness (QED) is 0.705. The largest absolute Gasteiger partial charge is 0.342 e. The molecule has 0 aliphatic carbocycles. The van der Waals surface area contributed by atoms with Crippen LogP contribution in [0.15, 0.2) is 0 Å². The van der Waals surface area contributed by atoms with Crippen LogP contribution in [0.1, 0.15) is 52.4 Å². The van der Waals surface area contributed by atoms with Crippen LogP contribution in [0.25, 0.3) is 0 Å². The van der Waals surface area contributed by atoms with Crippen LogP contribution in [-0.2, 0) is 4.79 Å². The maximum absolute atomic E-state index is 12.4. The summed E-state index contributed by atoms with van der Waals surface area (Å²) in [6, 6.07) is 0. The van der Waals surface area contributed by atoms with Crippen LogP contribution in [0.3, 0.4) is 0 Å². The van der Waals surface area contributed by atoms with Gasteiger partial charge in [-0.05, 0) is 51.2 Å². The van der Waals surface area contributed by atoms with Crippen LogP contribution in [0, 0.1) is 5.92 Å². The van der Waals surface area contributed by atoms with Gasteiger partial charge in [0, 0.05) is 13.1 Å². The number of nitrogens with two attached hydrogens (primary N) is 1. The van der Waals surface area contributed by atoms with E-state index >= 15 is 0 Å². The second-order valence-corrected chi connectivity index (χ2v) is 6.04. The van der Waals surface area contributed by atoms with Gasteiger partial charge in [-0.2, -0.15) is 0 Å². The molecule has 1 amide bonds. The van der Waals surface area contributed by atoms with Crippen molar-refractivity contribution in [3.8, 4) is 0 Å². The molecular weight excluding hydrogens is 250 g/mol. The highest BCUT2D eigenvalue weighted by Gasteiger charge is 2.21. The van der Waals surface area contributed by atoms with Gasteiger partial charge in [0.2, 0.25) is 5.91 Å². The summed E-state index contributed by atoms with van der Waals surface area (Å²) in [5, 5.41) is 0. The van der Waals surface area contributed by atoms with Crippen molar-refractivity contribution >= 4 is 5.91 Å². The number of hydrogen-bond acceptors (Lipinski definition) is 3. The van der Waals surface area contributed by atoms with Gasteiger partial charge in [-0.1, -0.05) is 26.7 Å². The van der Waals surface area contributed by atoms with Crippen molar-refractivity contribution in [3.05, 3.63) is 0 Å². The van der Waals surface area contributed by atoms with Crippen LogP contribution >= 0.6 is 0 Å². The van der Waals surface area contributed by atoms with Crippen LogP contribution in [0.4, 0.5) is 0 Å². The van der Waals surface area contributed by atoms with E-state index in [4.69, 9.17) is 5.73 Å². The fraction of sp³-hybridized carbons (Fsp3) is 0.938. The second-order valence-electron chi connectivity index (χ2n) is 6.04. The minimum Gasteiger partial charge on any atom is -0.342 e. The number of hydrogen-bond donors (Lipinski definition) is 1. The van der Waals surface area contributed by atoms with Gasteiger partial charge in [0.15, 0.2) is 0 Å². The van der Waals surface area contributed by atoms with Gasteiger partial charge in [-0.3, -0.25) is 9.69 Å². The Labute approximate surface area is 124 Å². The minimum atomic E-state index is 0.318. The van der Waals surface area contributed by atoms with Crippen LogP contribution in [0.5, 0.6) is 0 Å². The van der Waals surface area contributed by atoms with Gasteiger partial charge >= 0.3 is 0 Å². The van der Waals surface area contributed by atoms with Gasteiger partial charge in [-0.25, -0.2) is 0 Å². The zero-order valence-electron chi connectivity index (χ0n) is 13.4. The molecule has 0 radical (unpaired) electrons. The average molecular weight is 283 g/mol. The number of carbonyl (C=O) groups is 1. The molecule has 4 heteroatoms. The molecule has 1 aliphatic rings. The highest BCUT2D eigenvalue weighted by atomic mass is 16.2. The Morgan fingerprint density at radius 2 is 1.70 bits per heavy atom. The van der Waals surface area contributed by atoms with Crippen molar-refractivity contribution in [1.82, 2.24) is 9.80 Å². The number of nitrogens with zero attached hydrogens (tertiary/aromatic N) is 2. The summed E-state index contributed by atoms with van der Waals surface area (Å²) in [6.07, 6.45) is 6.83. The number of piperidine rings is 1. The molecule has 1 heterocycles. The molecule has 1 saturated heterocycles. The molecule has 20 heavy (non-hydrogen) atoms. The Hall–Kier alpha value is -0.610. The first kappa shape index (κ1) is 17.4. The molecule has 0 aromatic carbocycles. The number of unbranched alkanes of at least 4 members (excludes halogenated alkanes) is 2. The van der Waals surface area contributed by atoms with E-state index in [2.05, 4.69) is 23.6 Å². The third kappa shape index (κ3) is 6.23. The molecule has 0 aromatic heterocycles. The van der Waals surface area contributed by atoms with Gasteiger partial charge < -0.3 is 10.6 Å². The number of rotatable bonds is 9. The first-order chi connectivity index (χ1) is 9.71. The topological polar surface area (TPSA) is 49.6 Å². The lowest BCUT2D eigenvalue weighted by Gasteiger charge is -2.32. The van der Waals surface area contributed by atoms with E-state index in [1.165, 1.54) is 0 Å². The maximum Gasteiger partial charge on any atom is 0.236 e. The van der Waals surface area contributed by atoms with Crippen LogP contribution in [-0.4, -0.2) is 55.0 Å². The summed E-state index contributed by atoms with van der Waals surface area (Å²) in [5.74, 6) is 0.982. The molecule has 0 atom stereocenters. The molecule has 0 saturated carbocycles. The zero-order valence-corrected chi connectivity index (χ0v) is 13.4. The Bertz CT molecular complexity index is 254. The van der Waals surface area contributed by atoms with E-state index in [0.29, 0.717) is 18.4 Å². The van der Waals surface area contributed by atoms with Crippen LogP contribution < -0.4 is 5.73 Å². The SMILES string of the molecule is CCCCN(CCCC)C(=O)CN1CCC(CN)CC1. The predicted molar refractivity (Wildman–Crippen MR) is 84.6 cm³/mol. The van der Waals surface area contributed by atoms with Crippen molar-refractivity contribution in [2.24, 2.45) is 11.7 Å². The third-order valence-corrected chi connectivity index (χ3v) is 4.32. The normalized spacial score (nSPS) is 17.4. The lowest BCUT2D eigenvalue weighted by Crippen LogP contribution is -2.44. The summed E-state index contributed by atoms with van der Waals surface area (Å²) < 4.78 is 0. The summed E-state index contributed by atoms with van der Waals surface area (Å²) in [4.78, 5) is 16.8. The Kier molecular flexibility index (Phi) is 8.86. The summed E-state index contributed by atoms with van der Waals surface area (Å²) in [6.45, 7) is 9.67. The first-order valence-electron chi connectivity index (χ1n) is 8.41. The zero-order chi connectivity index (χ0) is 14.8. The highest BCUT2D eigenvalue weighted by molar-refractivity contribution is 5.78. The van der Waals surface area contributed by atoms with Crippen molar-refractivity contribution in [2.45, 2.75) is 52.4 Å². The van der Waals surface area contributed by atoms with E-state index in [-0.39, 0.29) is 0 Å². The Morgan fingerprint density at radius 3 is 2.15 bits per heavy atom. The monoisotopic (exact) mass is 283 g/mol. The molecule has 0 bridgehead atoms. The van der Waals surface area contributed by atoms with Crippen molar-refractivity contribution < 1.29 is 4.79 Å². The van der Waals surface area contributed by atoms with Gasteiger partial charge in [0.05, 0.1) is 6.54 Å².